The first-order valence-electron chi connectivity index (χ1n) is 33.0. The van der Waals surface area contributed by atoms with Gasteiger partial charge in [-0.15, -0.1) is 0 Å². The number of pyridine rings is 4. The Kier molecular flexibility index (Phi) is 19.3. The summed E-state index contributed by atoms with van der Waals surface area (Å²) >= 11 is 3.42. The molecule has 0 spiro atoms. The highest BCUT2D eigenvalue weighted by Gasteiger charge is 2.20. The lowest BCUT2D eigenvalue weighted by atomic mass is 9.80. The van der Waals surface area contributed by atoms with E-state index in [1.807, 2.05) is 134 Å². The molecule has 0 aliphatic heterocycles. The van der Waals surface area contributed by atoms with Crippen LogP contribution in [0.25, 0.3) is 90.1 Å². The Labute approximate surface area is 590 Å². The number of aromatic nitrogens is 8. The molecule has 2 N–H and O–H groups in total. The van der Waals surface area contributed by atoms with Crippen LogP contribution in [-0.4, -0.2) is 56.2 Å². The number of para-hydroxylation sites is 6. The molecule has 0 saturated carbocycles. The molecule has 16 rings (SSSR count). The van der Waals surface area contributed by atoms with Crippen molar-refractivity contribution in [2.24, 2.45) is 0 Å². The van der Waals surface area contributed by atoms with Crippen LogP contribution >= 0.6 is 15.9 Å². The van der Waals surface area contributed by atoms with Crippen LogP contribution in [0.5, 0.6) is 0 Å². The van der Waals surface area contributed by atoms with Crippen LogP contribution in [0.3, 0.4) is 0 Å². The lowest BCUT2D eigenvalue weighted by Crippen LogP contribution is -2.29. The summed E-state index contributed by atoms with van der Waals surface area (Å²) in [5.41, 5.74) is 25.4. The summed E-state index contributed by atoms with van der Waals surface area (Å²) in [7, 11) is -1.45. The molecule has 6 heterocycles. The third-order valence-corrected chi connectivity index (χ3v) is 17.8. The molecule has 14 heteroatoms. The summed E-state index contributed by atoms with van der Waals surface area (Å²) in [5, 5.41) is 18.6. The minimum Gasteiger partial charge on any atom is -0.423 e. The van der Waals surface area contributed by atoms with Crippen LogP contribution in [0.4, 0.5) is 34.1 Å². The van der Waals surface area contributed by atoms with Gasteiger partial charge in [-0.2, -0.15) is 0 Å². The summed E-state index contributed by atoms with van der Waals surface area (Å²) in [6, 6.07) is 103. The van der Waals surface area contributed by atoms with Gasteiger partial charge in [-0.1, -0.05) is 162 Å². The Hall–Kier alpha value is -12.2. The molecular formula is C86H68BBrN10O2. The molecule has 0 bridgehead atoms. The van der Waals surface area contributed by atoms with E-state index in [1.54, 1.807) is 18.3 Å². The molecular weight excluding hydrogens is 1300 g/mol. The molecule has 6 aromatic heterocycles. The van der Waals surface area contributed by atoms with Crippen LogP contribution in [0.15, 0.2) is 333 Å². The fourth-order valence-electron chi connectivity index (χ4n) is 12.0. The number of fused-ring (bicyclic) bond motifs is 2. The third kappa shape index (κ3) is 14.6. The predicted molar refractivity (Wildman–Crippen MR) is 413 cm³/mol. The van der Waals surface area contributed by atoms with Gasteiger partial charge < -0.3 is 19.8 Å². The van der Waals surface area contributed by atoms with Crippen molar-refractivity contribution in [2.75, 3.05) is 9.80 Å². The van der Waals surface area contributed by atoms with E-state index in [-0.39, 0.29) is 0 Å². The highest BCUT2D eigenvalue weighted by Crippen LogP contribution is 2.38. The smallest absolute Gasteiger partial charge is 0.423 e. The lowest BCUT2D eigenvalue weighted by molar-refractivity contribution is 0.426. The zero-order chi connectivity index (χ0) is 68.5. The molecule has 0 atom stereocenters. The number of aryl methyl sites for hydroxylation is 4. The van der Waals surface area contributed by atoms with Crippen molar-refractivity contribution in [3.8, 4) is 68.1 Å². The van der Waals surface area contributed by atoms with Crippen molar-refractivity contribution in [3.05, 3.63) is 355 Å². The average Bonchev–Trinajstić information content (AvgIpc) is 1.61. The normalized spacial score (nSPS) is 10.9. The van der Waals surface area contributed by atoms with Gasteiger partial charge in [0.05, 0.1) is 33.5 Å². The second-order valence-electron chi connectivity index (χ2n) is 24.4. The molecule has 10 aromatic carbocycles. The van der Waals surface area contributed by atoms with E-state index in [1.165, 1.54) is 22.3 Å². The zero-order valence-corrected chi connectivity index (χ0v) is 57.1. The highest BCUT2D eigenvalue weighted by molar-refractivity contribution is 9.10. The Morgan fingerprint density at radius 1 is 0.300 bits per heavy atom. The van der Waals surface area contributed by atoms with Crippen molar-refractivity contribution in [1.82, 2.24) is 39.0 Å². The van der Waals surface area contributed by atoms with E-state index < -0.39 is 7.12 Å². The van der Waals surface area contributed by atoms with Gasteiger partial charge in [-0.3, -0.25) is 29.1 Å². The average molecular weight is 1360 g/mol. The first-order valence-corrected chi connectivity index (χ1v) is 33.7. The predicted octanol–water partition coefficient (Wildman–Crippen LogP) is 20.3. The van der Waals surface area contributed by atoms with Gasteiger partial charge in [0.2, 0.25) is 0 Å². The fraction of sp³-hybridized carbons (Fsp3) is 0.0465. The van der Waals surface area contributed by atoms with Crippen LogP contribution in [0.1, 0.15) is 22.3 Å². The fourth-order valence-corrected chi connectivity index (χ4v) is 12.2. The summed E-state index contributed by atoms with van der Waals surface area (Å²) in [5.74, 6) is 1.63. The standard InChI is InChI=1S/C43H33N5.C23H15BrN4.C20H20BNO2/c1-30-12-20-36(21-13-30)47(37-22-14-31(2)15-23-37)38-24-16-32(17-25-38)33-18-26-39(44-28-33)34-19-27-41(45-29-34)43-46-40-10-6-7-11-42(40)48(43)35-8-4-3-5-9-35;24-17-11-13-19(26-15-17)16-10-12-21(25-14-16)23-27-20-8-4-5-9-22(20)28(23)18-6-2-1-3-7-18;1-15-3-9-18(10-4-15)22(19-11-5-16(2)6-12-19)20-13-7-17(8-14-20)21(23)24/h3-29H,1-2H3;1-15H;3-14,23-24H,1-2H3. The molecule has 0 fully saturated rings. The second kappa shape index (κ2) is 29.7. The van der Waals surface area contributed by atoms with Crippen molar-refractivity contribution in [3.63, 3.8) is 0 Å². The summed E-state index contributed by atoms with van der Waals surface area (Å²) in [6.07, 6.45) is 7.45. The number of rotatable bonds is 14. The summed E-state index contributed by atoms with van der Waals surface area (Å²) in [4.78, 5) is 33.0. The molecule has 0 aliphatic carbocycles. The van der Waals surface area contributed by atoms with Crippen molar-refractivity contribution in [1.29, 1.82) is 0 Å². The molecule has 100 heavy (non-hydrogen) atoms. The number of hydrogen-bond donors (Lipinski definition) is 2. The molecule has 0 saturated heterocycles. The van der Waals surface area contributed by atoms with Crippen molar-refractivity contribution >= 4 is 84.7 Å². The Balaban J connectivity index is 0.000000139. The number of benzene rings is 10. The summed E-state index contributed by atoms with van der Waals surface area (Å²) in [6.45, 7) is 8.36. The summed E-state index contributed by atoms with van der Waals surface area (Å²) < 4.78 is 5.27. The number of nitrogens with zero attached hydrogens (tertiary/aromatic N) is 10. The molecule has 0 amide bonds. The first kappa shape index (κ1) is 65.1. The quantitative estimate of drug-likeness (QED) is 0.101. The van der Waals surface area contributed by atoms with Gasteiger partial charge in [-0.25, -0.2) is 9.97 Å². The number of imidazole rings is 2. The van der Waals surface area contributed by atoms with Crippen LogP contribution in [-0.2, 0) is 0 Å². The number of hydrogen-bond acceptors (Lipinski definition) is 10. The van der Waals surface area contributed by atoms with Crippen molar-refractivity contribution < 1.29 is 10.0 Å². The Morgan fingerprint density at radius 2 is 0.610 bits per heavy atom. The van der Waals surface area contributed by atoms with Crippen LogP contribution in [0, 0.1) is 27.7 Å². The third-order valence-electron chi connectivity index (χ3n) is 17.3. The van der Waals surface area contributed by atoms with E-state index in [0.717, 1.165) is 129 Å². The first-order chi connectivity index (χ1) is 48.9. The second-order valence-corrected chi connectivity index (χ2v) is 25.3. The number of anilines is 6. The largest absolute Gasteiger partial charge is 0.488 e. The lowest BCUT2D eigenvalue weighted by Gasteiger charge is -2.26. The maximum atomic E-state index is 9.29. The Morgan fingerprint density at radius 3 is 0.960 bits per heavy atom. The minimum atomic E-state index is -1.45. The highest BCUT2D eigenvalue weighted by atomic mass is 79.9. The number of halogens is 1. The SMILES string of the molecule is Brc1ccc(-c2ccc(-c3nc4ccccc4n3-c3ccccc3)nc2)nc1.Cc1ccc(N(c2ccc(C)cc2)c2ccc(-c3ccc(-c4ccc(-c5nc6ccccc6n5-c5ccccc5)nc4)nc3)cc2)cc1.Cc1ccc(N(c2ccc(C)cc2)c2ccc(B(O)O)cc2)cc1. The zero-order valence-electron chi connectivity index (χ0n) is 55.5. The Bertz CT molecular complexity index is 5290. The van der Waals surface area contributed by atoms with Crippen molar-refractivity contribution in [2.45, 2.75) is 27.7 Å². The van der Waals surface area contributed by atoms with E-state index in [4.69, 9.17) is 24.9 Å². The van der Waals surface area contributed by atoms with Gasteiger partial charge in [-0.05, 0) is 218 Å². The van der Waals surface area contributed by atoms with Crippen LogP contribution in [0.2, 0.25) is 0 Å². The van der Waals surface area contributed by atoms with Crippen LogP contribution < -0.4 is 15.3 Å². The van der Waals surface area contributed by atoms with Gasteiger partial charge in [0.25, 0.3) is 0 Å². The van der Waals surface area contributed by atoms with E-state index in [2.05, 4.69) is 243 Å². The molecule has 16 aromatic rings. The maximum Gasteiger partial charge on any atom is 0.488 e. The van der Waals surface area contributed by atoms with E-state index in [0.29, 0.717) is 5.46 Å². The maximum absolute atomic E-state index is 9.29. The topological polar surface area (TPSA) is 134 Å². The van der Waals surface area contributed by atoms with E-state index >= 15 is 0 Å². The monoisotopic (exact) mass is 1360 g/mol. The molecule has 484 valence electrons. The minimum absolute atomic E-state index is 0.478. The molecule has 12 nitrogen and oxygen atoms in total. The van der Waals surface area contributed by atoms with E-state index in [9.17, 15) is 10.0 Å². The van der Waals surface area contributed by atoms with Gasteiger partial charge in [0, 0.05) is 91.4 Å². The van der Waals surface area contributed by atoms with Gasteiger partial charge in [0.15, 0.2) is 11.6 Å². The van der Waals surface area contributed by atoms with Gasteiger partial charge >= 0.3 is 7.12 Å². The molecule has 0 aliphatic rings. The molecule has 0 radical (unpaired) electrons. The van der Waals surface area contributed by atoms with Gasteiger partial charge in [0.1, 0.15) is 11.4 Å². The molecule has 0 unspecified atom stereocenters.